The van der Waals surface area contributed by atoms with Crippen molar-refractivity contribution in [3.05, 3.63) is 0 Å². The molecular weight excluding hydrogens is 260 g/mol. The van der Waals surface area contributed by atoms with Crippen molar-refractivity contribution >= 4 is 12.0 Å². The van der Waals surface area contributed by atoms with E-state index in [2.05, 4.69) is 5.32 Å². The van der Waals surface area contributed by atoms with E-state index >= 15 is 0 Å². The summed E-state index contributed by atoms with van der Waals surface area (Å²) >= 11 is 0. The predicted molar refractivity (Wildman–Crippen MR) is 75.5 cm³/mol. The van der Waals surface area contributed by atoms with E-state index < -0.39 is 12.0 Å². The smallest absolute Gasteiger partial charge is 0.326 e. The van der Waals surface area contributed by atoms with Crippen molar-refractivity contribution in [3.8, 4) is 0 Å². The number of hydrogen-bond donors (Lipinski definition) is 3. The molecule has 0 aromatic rings. The van der Waals surface area contributed by atoms with Gasteiger partial charge in [-0.15, -0.1) is 0 Å². The van der Waals surface area contributed by atoms with Crippen LogP contribution in [0.1, 0.15) is 46.0 Å². The molecule has 0 spiro atoms. The van der Waals surface area contributed by atoms with E-state index in [1.54, 1.807) is 4.90 Å². The number of aliphatic hydroxyl groups excluding tert-OH is 1. The van der Waals surface area contributed by atoms with Gasteiger partial charge in [0, 0.05) is 19.2 Å². The van der Waals surface area contributed by atoms with Crippen LogP contribution in [0.2, 0.25) is 0 Å². The number of aliphatic hydroxyl groups is 1. The van der Waals surface area contributed by atoms with Crippen LogP contribution < -0.4 is 5.32 Å². The highest BCUT2D eigenvalue weighted by Gasteiger charge is 2.31. The Morgan fingerprint density at radius 3 is 2.40 bits per heavy atom. The third-order valence-electron chi connectivity index (χ3n) is 3.64. The van der Waals surface area contributed by atoms with Gasteiger partial charge in [-0.05, 0) is 38.0 Å². The van der Waals surface area contributed by atoms with Crippen LogP contribution in [0.3, 0.4) is 0 Å². The Bertz CT molecular complexity index is 329. The van der Waals surface area contributed by atoms with Gasteiger partial charge in [0.1, 0.15) is 6.04 Å². The van der Waals surface area contributed by atoms with E-state index in [1.807, 2.05) is 13.8 Å². The number of nitrogens with one attached hydrogen (secondary N) is 1. The number of nitrogens with zero attached hydrogens (tertiary/aromatic N) is 1. The first kappa shape index (κ1) is 16.8. The first-order valence-corrected chi connectivity index (χ1v) is 7.36. The molecule has 1 unspecified atom stereocenters. The van der Waals surface area contributed by atoms with Crippen molar-refractivity contribution in [1.29, 1.82) is 0 Å². The lowest BCUT2D eigenvalue weighted by atomic mass is 9.91. The fraction of sp³-hybridized carbons (Fsp3) is 0.857. The molecule has 6 nitrogen and oxygen atoms in total. The van der Waals surface area contributed by atoms with Gasteiger partial charge in [0.25, 0.3) is 0 Å². The normalized spacial score (nSPS) is 16.6. The van der Waals surface area contributed by atoms with Gasteiger partial charge in [0.15, 0.2) is 0 Å². The number of aliphatic carboxylic acids is 1. The molecule has 1 saturated carbocycles. The van der Waals surface area contributed by atoms with Crippen LogP contribution >= 0.6 is 0 Å². The first-order chi connectivity index (χ1) is 9.45. The van der Waals surface area contributed by atoms with Crippen LogP contribution in [0.5, 0.6) is 0 Å². The summed E-state index contributed by atoms with van der Waals surface area (Å²) in [6.45, 7) is 4.36. The molecule has 0 radical (unpaired) electrons. The number of carboxylic acids is 1. The largest absolute Gasteiger partial charge is 0.480 e. The zero-order valence-corrected chi connectivity index (χ0v) is 12.3. The topological polar surface area (TPSA) is 89.9 Å². The van der Waals surface area contributed by atoms with E-state index in [0.717, 1.165) is 19.3 Å². The van der Waals surface area contributed by atoms with Gasteiger partial charge in [-0.3, -0.25) is 0 Å². The Kier molecular flexibility index (Phi) is 6.78. The second kappa shape index (κ2) is 8.09. The fourth-order valence-corrected chi connectivity index (χ4v) is 2.31. The molecule has 0 bridgehead atoms. The van der Waals surface area contributed by atoms with Crippen LogP contribution in [0.15, 0.2) is 0 Å². The Hall–Kier alpha value is -1.30. The van der Waals surface area contributed by atoms with Crippen molar-refractivity contribution in [2.24, 2.45) is 5.92 Å². The quantitative estimate of drug-likeness (QED) is 0.629. The minimum atomic E-state index is -0.997. The number of carboxylic acid groups (broad SMARTS) is 1. The van der Waals surface area contributed by atoms with Crippen LogP contribution in [-0.4, -0.2) is 52.3 Å². The predicted octanol–water partition coefficient (Wildman–Crippen LogP) is 1.43. The molecule has 3 N–H and O–H groups in total. The molecule has 1 rings (SSSR count). The molecule has 1 aliphatic rings. The summed E-state index contributed by atoms with van der Waals surface area (Å²) in [6.07, 6.45) is 3.95. The lowest BCUT2D eigenvalue weighted by Crippen LogP contribution is -2.53. The Morgan fingerprint density at radius 2 is 2.00 bits per heavy atom. The minimum Gasteiger partial charge on any atom is -0.480 e. The molecule has 0 aliphatic heterocycles. The highest BCUT2D eigenvalue weighted by atomic mass is 16.4. The molecule has 1 fully saturated rings. The zero-order chi connectivity index (χ0) is 15.1. The average molecular weight is 286 g/mol. The summed E-state index contributed by atoms with van der Waals surface area (Å²) < 4.78 is 0. The fourth-order valence-electron chi connectivity index (χ4n) is 2.31. The second-order valence-electron chi connectivity index (χ2n) is 5.83. The summed E-state index contributed by atoms with van der Waals surface area (Å²) in [6, 6.07) is -0.981. The third-order valence-corrected chi connectivity index (χ3v) is 3.64. The summed E-state index contributed by atoms with van der Waals surface area (Å²) in [4.78, 5) is 25.1. The molecule has 1 aliphatic carbocycles. The number of rotatable bonds is 8. The molecular formula is C14H26N2O4. The molecule has 0 heterocycles. The highest BCUT2D eigenvalue weighted by Crippen LogP contribution is 2.25. The van der Waals surface area contributed by atoms with Crippen molar-refractivity contribution in [2.45, 2.75) is 58.0 Å². The summed E-state index contributed by atoms with van der Waals surface area (Å²) in [5.41, 5.74) is 0. The number of urea groups is 1. The summed E-state index contributed by atoms with van der Waals surface area (Å²) in [5.74, 6) is -0.797. The minimum absolute atomic E-state index is 0.0326. The summed E-state index contributed by atoms with van der Waals surface area (Å²) in [7, 11) is 0. The third kappa shape index (κ3) is 5.00. The van der Waals surface area contributed by atoms with Crippen molar-refractivity contribution in [3.63, 3.8) is 0 Å². The zero-order valence-electron chi connectivity index (χ0n) is 12.3. The van der Waals surface area contributed by atoms with Crippen molar-refractivity contribution in [2.75, 3.05) is 13.2 Å². The lowest BCUT2D eigenvalue weighted by molar-refractivity contribution is -0.139. The van der Waals surface area contributed by atoms with E-state index in [-0.39, 0.29) is 24.6 Å². The van der Waals surface area contributed by atoms with Gasteiger partial charge in [-0.2, -0.15) is 0 Å². The number of carbonyl (C=O) groups excluding carboxylic acids is 1. The molecule has 2 amide bonds. The standard InChI is InChI=1S/C14H26N2O4/c1-10(2)9-12(13(18)19)15-14(20)16(7-4-8-17)11-5-3-6-11/h10-12,17H,3-9H2,1-2H3,(H,15,20)(H,18,19). The van der Waals surface area contributed by atoms with E-state index in [0.29, 0.717) is 19.4 Å². The van der Waals surface area contributed by atoms with Gasteiger partial charge >= 0.3 is 12.0 Å². The van der Waals surface area contributed by atoms with Crippen molar-refractivity contribution in [1.82, 2.24) is 10.2 Å². The lowest BCUT2D eigenvalue weighted by Gasteiger charge is -2.38. The monoisotopic (exact) mass is 286 g/mol. The molecule has 0 aromatic heterocycles. The molecule has 6 heteroatoms. The first-order valence-electron chi connectivity index (χ1n) is 7.36. The van der Waals surface area contributed by atoms with Crippen LogP contribution in [0.25, 0.3) is 0 Å². The van der Waals surface area contributed by atoms with Gasteiger partial charge < -0.3 is 20.4 Å². The Balaban J connectivity index is 2.60. The maximum Gasteiger partial charge on any atom is 0.326 e. The molecule has 1 atom stereocenters. The van der Waals surface area contributed by atoms with E-state index in [4.69, 9.17) is 10.2 Å². The highest BCUT2D eigenvalue weighted by molar-refractivity contribution is 5.82. The van der Waals surface area contributed by atoms with Crippen LogP contribution in [-0.2, 0) is 4.79 Å². The number of hydrogen-bond acceptors (Lipinski definition) is 3. The molecule has 0 saturated heterocycles. The summed E-state index contributed by atoms with van der Waals surface area (Å²) in [5, 5.41) is 20.7. The molecule has 20 heavy (non-hydrogen) atoms. The number of amides is 2. The van der Waals surface area contributed by atoms with Gasteiger partial charge in [0.2, 0.25) is 0 Å². The van der Waals surface area contributed by atoms with Gasteiger partial charge in [0.05, 0.1) is 0 Å². The Morgan fingerprint density at radius 1 is 1.35 bits per heavy atom. The van der Waals surface area contributed by atoms with E-state index in [1.165, 1.54) is 0 Å². The SMILES string of the molecule is CC(C)CC(NC(=O)N(CCCO)C1CCC1)C(=O)O. The van der Waals surface area contributed by atoms with Crippen LogP contribution in [0, 0.1) is 5.92 Å². The van der Waals surface area contributed by atoms with Gasteiger partial charge in [-0.25, -0.2) is 9.59 Å². The molecule has 0 aromatic carbocycles. The second-order valence-corrected chi connectivity index (χ2v) is 5.83. The average Bonchev–Trinajstić information content (AvgIpc) is 2.30. The molecule has 116 valence electrons. The maximum atomic E-state index is 12.2. The van der Waals surface area contributed by atoms with Gasteiger partial charge in [-0.1, -0.05) is 13.8 Å². The number of carbonyl (C=O) groups is 2. The van der Waals surface area contributed by atoms with E-state index in [9.17, 15) is 9.59 Å². The Labute approximate surface area is 120 Å². The van der Waals surface area contributed by atoms with Crippen molar-refractivity contribution < 1.29 is 19.8 Å². The maximum absolute atomic E-state index is 12.2. The van der Waals surface area contributed by atoms with Crippen LogP contribution in [0.4, 0.5) is 4.79 Å².